The number of rotatable bonds is 27. The lowest BCUT2D eigenvalue weighted by Gasteiger charge is -2.22. The molecule has 6 atom stereocenters. The van der Waals surface area contributed by atoms with Gasteiger partial charge in [0.2, 0.25) is 35.4 Å². The molecule has 0 bridgehead atoms. The molecule has 0 saturated heterocycles. The first kappa shape index (κ1) is 65.5. The fourth-order valence-corrected chi connectivity index (χ4v) is 4.93. The van der Waals surface area contributed by atoms with Crippen LogP contribution in [0.3, 0.4) is 0 Å². The second-order valence-electron chi connectivity index (χ2n) is 15.0. The Balaban J connectivity index is -0.000000423. The van der Waals surface area contributed by atoms with Gasteiger partial charge < -0.3 is 52.3 Å². The molecule has 0 aromatic rings. The van der Waals surface area contributed by atoms with Crippen molar-refractivity contribution in [3.05, 3.63) is 0 Å². The summed E-state index contributed by atoms with van der Waals surface area (Å²) < 4.78 is 0. The van der Waals surface area contributed by atoms with E-state index < -0.39 is 108 Å². The maximum atomic E-state index is 12.3. The zero-order valence-corrected chi connectivity index (χ0v) is 38.9. The highest BCUT2D eigenvalue weighted by Crippen LogP contribution is 2.06. The number of carboxylic acid groups (broad SMARTS) is 3. The van der Waals surface area contributed by atoms with Crippen molar-refractivity contribution < 1.29 is 78.0 Å². The summed E-state index contributed by atoms with van der Waals surface area (Å²) in [5.41, 5.74) is 0. The molecule has 22 nitrogen and oxygen atoms in total. The predicted molar refractivity (Wildman–Crippen MR) is 240 cm³/mol. The molecule has 24 heteroatoms. The van der Waals surface area contributed by atoms with E-state index in [9.17, 15) is 57.5 Å². The number of ketones is 3. The van der Waals surface area contributed by atoms with Crippen molar-refractivity contribution in [3.63, 3.8) is 0 Å². The van der Waals surface area contributed by atoms with Gasteiger partial charge in [-0.05, 0) is 40.0 Å². The van der Waals surface area contributed by atoms with E-state index >= 15 is 0 Å². The second-order valence-corrected chi connectivity index (χ2v) is 15.7. The number of carbonyl (C=O) groups is 12. The third kappa shape index (κ3) is 30.9. The molecule has 64 heavy (non-hydrogen) atoms. The minimum absolute atomic E-state index is 0. The molecule has 0 unspecified atom stereocenters. The maximum Gasteiger partial charge on any atom is 0.303 e. The van der Waals surface area contributed by atoms with Gasteiger partial charge in [0.25, 0.3) is 0 Å². The smallest absolute Gasteiger partial charge is 0.303 e. The van der Waals surface area contributed by atoms with Crippen LogP contribution in [-0.4, -0.2) is 145 Å². The van der Waals surface area contributed by atoms with E-state index in [-0.39, 0.29) is 81.0 Å². The molecule has 0 spiro atoms. The third-order valence-electron chi connectivity index (χ3n) is 8.38. The number of Topliss-reactive ketones (excluding diaryl/α,β-unsaturated/α-hetero) is 3. The first-order valence-electron chi connectivity index (χ1n) is 19.9. The third-order valence-corrected chi connectivity index (χ3v) is 9.11. The highest BCUT2D eigenvalue weighted by molar-refractivity contribution is 7.80. The van der Waals surface area contributed by atoms with Crippen molar-refractivity contribution in [3.8, 4) is 0 Å². The first-order valence-corrected chi connectivity index (χ1v) is 21.1. The van der Waals surface area contributed by atoms with E-state index in [0.29, 0.717) is 0 Å². The largest absolute Gasteiger partial charge is 0.481 e. The van der Waals surface area contributed by atoms with E-state index in [0.717, 1.165) is 0 Å². The highest BCUT2D eigenvalue weighted by atomic mass is 32.1. The van der Waals surface area contributed by atoms with Crippen LogP contribution < -0.4 is 31.9 Å². The predicted octanol–water partition coefficient (Wildman–Crippen LogP) is -0.315. The molecule has 0 saturated carbocycles. The Bertz CT molecular complexity index is 1590. The summed E-state index contributed by atoms with van der Waals surface area (Å²) >= 11 is 8.01. The van der Waals surface area contributed by atoms with Crippen LogP contribution in [0.4, 0.5) is 0 Å². The minimum atomic E-state index is -1.17. The Kier molecular flexibility index (Phi) is 36.1. The van der Waals surface area contributed by atoms with Crippen molar-refractivity contribution in [1.29, 1.82) is 0 Å². The van der Waals surface area contributed by atoms with Crippen LogP contribution in [0.5, 0.6) is 0 Å². The second kappa shape index (κ2) is 35.3. The molecule has 0 radical (unpaired) electrons. The van der Waals surface area contributed by atoms with Crippen molar-refractivity contribution in [1.82, 2.24) is 31.9 Å². The van der Waals surface area contributed by atoms with Crippen LogP contribution in [0.2, 0.25) is 0 Å². The molecule has 0 rings (SSSR count). The van der Waals surface area contributed by atoms with Gasteiger partial charge in [0.1, 0.15) is 18.1 Å². The van der Waals surface area contributed by atoms with Crippen molar-refractivity contribution in [2.24, 2.45) is 17.8 Å². The van der Waals surface area contributed by atoms with E-state index in [2.05, 4.69) is 57.2 Å². The Morgan fingerprint density at radius 3 is 0.891 bits per heavy atom. The summed E-state index contributed by atoms with van der Waals surface area (Å²) in [5.74, 6) is -7.80. The molecule has 0 aromatic carbocycles. The van der Waals surface area contributed by atoms with Crippen LogP contribution in [0.1, 0.15) is 108 Å². The summed E-state index contributed by atoms with van der Waals surface area (Å²) in [6, 6.07) is -5.63. The van der Waals surface area contributed by atoms with E-state index in [1.165, 1.54) is 20.8 Å². The number of amides is 6. The van der Waals surface area contributed by atoms with Crippen LogP contribution >= 0.6 is 25.3 Å². The lowest BCUT2D eigenvalue weighted by atomic mass is 10.0. The van der Waals surface area contributed by atoms with Crippen LogP contribution in [-0.2, 0) is 57.5 Å². The SMILES string of the molecule is C.CC(=O)[C@H](CCC(=O)O)NC(=O)[C@H](CCC(=O)O)NC(=O)C(C)C.CC(=O)[C@H](CCC(=O)O)NC(=O)[C@H](CO)NC(=O)C(C)C.CC(=O)[C@H](CS)NC(=O)[C@H](CS)NC(=O)C(C)C. The number of hydrogen-bond donors (Lipinski definition) is 12. The summed E-state index contributed by atoms with van der Waals surface area (Å²) in [6.45, 7) is 13.2. The number of aliphatic hydroxyl groups excluding tert-OH is 1. The van der Waals surface area contributed by atoms with Gasteiger partial charge in [-0.2, -0.15) is 25.3 Å². The number of thiol groups is 2. The Morgan fingerprint density at radius 2 is 0.625 bits per heavy atom. The molecule has 368 valence electrons. The Labute approximate surface area is 385 Å². The molecule has 0 heterocycles. The average molecular weight is 955 g/mol. The summed E-state index contributed by atoms with van der Waals surface area (Å²) in [6.07, 6.45) is -1.18. The maximum absolute atomic E-state index is 12.3. The first-order chi connectivity index (χ1) is 29.1. The van der Waals surface area contributed by atoms with Gasteiger partial charge in [-0.25, -0.2) is 0 Å². The fraction of sp³-hybridized carbons (Fsp3) is 0.700. The molecule has 6 amide bonds. The normalized spacial score (nSPS) is 13.2. The molecule has 0 aliphatic rings. The zero-order chi connectivity index (χ0) is 49.7. The van der Waals surface area contributed by atoms with Crippen LogP contribution in [0.25, 0.3) is 0 Å². The van der Waals surface area contributed by atoms with Crippen molar-refractivity contribution in [2.75, 3.05) is 18.1 Å². The zero-order valence-electron chi connectivity index (χ0n) is 37.1. The number of carbonyl (C=O) groups excluding carboxylic acids is 9. The lowest BCUT2D eigenvalue weighted by molar-refractivity contribution is -0.139. The Hall–Kier alpha value is -5.10. The fourth-order valence-electron chi connectivity index (χ4n) is 4.32. The summed E-state index contributed by atoms with van der Waals surface area (Å²) in [5, 5.41) is 49.8. The minimum Gasteiger partial charge on any atom is -0.481 e. The standard InChI is InChI=1S/C15H24N2O7.C13H22N2O6.C11H20N2O3S2.CH4/c1-8(2)14(23)17-11(5-7-13(21)22)15(24)16-10(9(3)18)4-6-12(19)20;1-7(2)12(20)15-10(6-16)13(21)14-9(8(3)17)4-5-11(18)19;1-6(2)10(15)13-9(5-18)11(16)12-8(4-17)7(3)14;/h8,10-11H,4-7H2,1-3H3,(H,16,24)(H,17,23)(H,19,20)(H,21,22);7,9-10,16H,4-6H2,1-3H3,(H,14,21)(H,15,20)(H,18,19);6,8-9,17-18H,4-5H2,1-3H3,(H,12,16)(H,13,15);1H4/t10-,11-;9-,10-;8-,9-;/m000./s1. The molecule has 0 fully saturated rings. The van der Waals surface area contributed by atoms with E-state index in [4.69, 9.17) is 20.4 Å². The highest BCUT2D eigenvalue weighted by Gasteiger charge is 2.28. The van der Waals surface area contributed by atoms with Crippen molar-refractivity contribution in [2.45, 2.75) is 145 Å². The van der Waals surface area contributed by atoms with E-state index in [1.807, 2.05) is 0 Å². The van der Waals surface area contributed by atoms with Crippen LogP contribution in [0, 0.1) is 17.8 Å². The number of nitrogens with one attached hydrogen (secondary N) is 6. The van der Waals surface area contributed by atoms with Gasteiger partial charge in [0.15, 0.2) is 17.3 Å². The topological polar surface area (TPSA) is 358 Å². The van der Waals surface area contributed by atoms with Gasteiger partial charge in [-0.15, -0.1) is 0 Å². The monoisotopic (exact) mass is 954 g/mol. The Morgan fingerprint density at radius 1 is 0.391 bits per heavy atom. The lowest BCUT2D eigenvalue weighted by Crippen LogP contribution is -2.53. The van der Waals surface area contributed by atoms with Gasteiger partial charge in [0, 0.05) is 48.5 Å². The van der Waals surface area contributed by atoms with E-state index in [1.54, 1.807) is 41.5 Å². The molecule has 0 aliphatic carbocycles. The van der Waals surface area contributed by atoms with Gasteiger partial charge in [-0.3, -0.25) is 57.5 Å². The quantitative estimate of drug-likeness (QED) is 0.0470. The number of aliphatic carboxylic acids is 3. The van der Waals surface area contributed by atoms with Crippen LogP contribution in [0.15, 0.2) is 0 Å². The summed E-state index contributed by atoms with van der Waals surface area (Å²) in [7, 11) is 0. The molecular weight excluding hydrogens is 885 g/mol. The summed E-state index contributed by atoms with van der Waals surface area (Å²) in [4.78, 5) is 137. The van der Waals surface area contributed by atoms with Gasteiger partial charge in [-0.1, -0.05) is 49.0 Å². The molecule has 0 aromatic heterocycles. The van der Waals surface area contributed by atoms with Gasteiger partial charge in [0.05, 0.1) is 24.7 Å². The average Bonchev–Trinajstić information content (AvgIpc) is 3.18. The molecule has 10 N–H and O–H groups in total. The van der Waals surface area contributed by atoms with Crippen molar-refractivity contribution >= 4 is 96.0 Å². The number of hydrogen-bond acceptors (Lipinski definition) is 15. The number of carboxylic acids is 3. The number of aliphatic hydroxyl groups is 1. The molecular formula is C40H70N6O16S2. The molecule has 0 aliphatic heterocycles. The van der Waals surface area contributed by atoms with Gasteiger partial charge >= 0.3 is 17.9 Å².